The van der Waals surface area contributed by atoms with Gasteiger partial charge in [0.15, 0.2) is 0 Å². The van der Waals surface area contributed by atoms with Crippen molar-refractivity contribution in [2.24, 2.45) is 0 Å². The van der Waals surface area contributed by atoms with Crippen LogP contribution in [0.1, 0.15) is 12.0 Å². The third kappa shape index (κ3) is 8.74. The number of rotatable bonds is 6. The highest BCUT2D eigenvalue weighted by atomic mass is 35.5. The van der Waals surface area contributed by atoms with Crippen molar-refractivity contribution in [2.75, 3.05) is 39.4 Å². The zero-order valence-corrected chi connectivity index (χ0v) is 13.3. The van der Waals surface area contributed by atoms with Crippen molar-refractivity contribution in [3.05, 3.63) is 35.9 Å². The van der Waals surface area contributed by atoms with Gasteiger partial charge in [0.1, 0.15) is 0 Å². The summed E-state index contributed by atoms with van der Waals surface area (Å²) in [5.41, 5.74) is 1.36. The van der Waals surface area contributed by atoms with Gasteiger partial charge in [-0.2, -0.15) is 0 Å². The van der Waals surface area contributed by atoms with E-state index in [0.29, 0.717) is 0 Å². The quantitative estimate of drug-likeness (QED) is 0.807. The molecule has 4 nitrogen and oxygen atoms in total. The molecular formula is C14H26Cl2N2O2. The fourth-order valence-electron chi connectivity index (χ4n) is 2.08. The molecule has 1 aromatic rings. The first kappa shape index (κ1) is 21.9. The van der Waals surface area contributed by atoms with Gasteiger partial charge in [-0.05, 0) is 25.1 Å². The zero-order chi connectivity index (χ0) is 11.8. The lowest BCUT2D eigenvalue weighted by Gasteiger charge is -2.26. The summed E-state index contributed by atoms with van der Waals surface area (Å²) in [5, 5.41) is 3.48. The number of ether oxygens (including phenoxy) is 1. The highest BCUT2D eigenvalue weighted by Gasteiger charge is 2.08. The molecule has 0 aliphatic carbocycles. The maximum Gasteiger partial charge on any atom is 0.0594 e. The summed E-state index contributed by atoms with van der Waals surface area (Å²) in [5.74, 6) is 0. The van der Waals surface area contributed by atoms with Crippen molar-refractivity contribution in [3.8, 4) is 0 Å². The summed E-state index contributed by atoms with van der Waals surface area (Å²) in [4.78, 5) is 2.48. The highest BCUT2D eigenvalue weighted by Crippen LogP contribution is 1.99. The van der Waals surface area contributed by atoms with Crippen molar-refractivity contribution >= 4 is 24.8 Å². The average molecular weight is 325 g/mol. The number of hydrogen-bond donors (Lipinski definition) is 1. The van der Waals surface area contributed by atoms with Crippen LogP contribution in [-0.4, -0.2) is 49.8 Å². The van der Waals surface area contributed by atoms with Crippen LogP contribution in [0.3, 0.4) is 0 Å². The SMILES string of the molecule is Cl.Cl.O.c1ccc(CNCCCN2CCOCC2)cc1. The molecule has 0 saturated carbocycles. The van der Waals surface area contributed by atoms with Gasteiger partial charge in [-0.3, -0.25) is 4.90 Å². The summed E-state index contributed by atoms with van der Waals surface area (Å²) >= 11 is 0. The average Bonchev–Trinajstić information content (AvgIpc) is 2.41. The second-order valence-corrected chi connectivity index (χ2v) is 4.47. The molecule has 1 aromatic carbocycles. The third-order valence-electron chi connectivity index (χ3n) is 3.10. The van der Waals surface area contributed by atoms with Gasteiger partial charge in [-0.15, -0.1) is 24.8 Å². The maximum atomic E-state index is 5.33. The van der Waals surface area contributed by atoms with Crippen LogP contribution in [0.4, 0.5) is 0 Å². The molecule has 2 rings (SSSR count). The molecule has 0 atom stereocenters. The Morgan fingerprint density at radius 2 is 1.70 bits per heavy atom. The van der Waals surface area contributed by atoms with E-state index in [2.05, 4.69) is 40.5 Å². The van der Waals surface area contributed by atoms with Gasteiger partial charge in [0, 0.05) is 19.6 Å². The molecule has 0 bridgehead atoms. The van der Waals surface area contributed by atoms with Crippen LogP contribution in [0, 0.1) is 0 Å². The number of halogens is 2. The van der Waals surface area contributed by atoms with E-state index < -0.39 is 0 Å². The molecule has 118 valence electrons. The number of benzene rings is 1. The summed E-state index contributed by atoms with van der Waals surface area (Å²) < 4.78 is 5.33. The normalized spacial score (nSPS) is 14.6. The molecule has 0 aromatic heterocycles. The predicted molar refractivity (Wildman–Crippen MR) is 88.1 cm³/mol. The number of nitrogens with one attached hydrogen (secondary N) is 1. The Hall–Kier alpha value is -0.360. The van der Waals surface area contributed by atoms with Crippen LogP contribution in [0.15, 0.2) is 30.3 Å². The maximum absolute atomic E-state index is 5.33. The van der Waals surface area contributed by atoms with Crippen molar-refractivity contribution in [1.82, 2.24) is 10.2 Å². The van der Waals surface area contributed by atoms with Gasteiger partial charge in [0.25, 0.3) is 0 Å². The Morgan fingerprint density at radius 3 is 2.35 bits per heavy atom. The molecule has 1 heterocycles. The van der Waals surface area contributed by atoms with E-state index in [4.69, 9.17) is 4.74 Å². The Kier molecular flexibility index (Phi) is 14.9. The van der Waals surface area contributed by atoms with Gasteiger partial charge >= 0.3 is 0 Å². The lowest BCUT2D eigenvalue weighted by molar-refractivity contribution is 0.0374. The van der Waals surface area contributed by atoms with Crippen molar-refractivity contribution < 1.29 is 10.2 Å². The Bertz CT molecular complexity index is 309. The van der Waals surface area contributed by atoms with E-state index in [-0.39, 0.29) is 30.3 Å². The lowest BCUT2D eigenvalue weighted by Crippen LogP contribution is -2.37. The van der Waals surface area contributed by atoms with Crippen LogP contribution in [0.5, 0.6) is 0 Å². The van der Waals surface area contributed by atoms with E-state index in [1.54, 1.807) is 0 Å². The van der Waals surface area contributed by atoms with Crippen LogP contribution < -0.4 is 5.32 Å². The minimum Gasteiger partial charge on any atom is -0.412 e. The summed E-state index contributed by atoms with van der Waals surface area (Å²) in [6.07, 6.45) is 1.22. The van der Waals surface area contributed by atoms with Crippen molar-refractivity contribution in [3.63, 3.8) is 0 Å². The minimum atomic E-state index is 0. The molecule has 3 N–H and O–H groups in total. The molecule has 1 fully saturated rings. The van der Waals surface area contributed by atoms with Crippen LogP contribution in [0.25, 0.3) is 0 Å². The largest absolute Gasteiger partial charge is 0.412 e. The number of hydrogen-bond acceptors (Lipinski definition) is 3. The summed E-state index contributed by atoms with van der Waals surface area (Å²) in [6, 6.07) is 10.6. The summed E-state index contributed by atoms with van der Waals surface area (Å²) in [7, 11) is 0. The first-order valence-electron chi connectivity index (χ1n) is 6.50. The van der Waals surface area contributed by atoms with E-state index in [9.17, 15) is 0 Å². The first-order valence-corrected chi connectivity index (χ1v) is 6.50. The topological polar surface area (TPSA) is 56.0 Å². The molecule has 0 spiro atoms. The Morgan fingerprint density at radius 1 is 1.05 bits per heavy atom. The van der Waals surface area contributed by atoms with Crippen LogP contribution >= 0.6 is 24.8 Å². The second kappa shape index (κ2) is 13.6. The fraction of sp³-hybridized carbons (Fsp3) is 0.571. The molecule has 0 unspecified atom stereocenters. The second-order valence-electron chi connectivity index (χ2n) is 4.47. The molecule has 20 heavy (non-hydrogen) atoms. The Labute approximate surface area is 134 Å². The Balaban J connectivity index is 0. The predicted octanol–water partition coefficient (Wildman–Crippen LogP) is 1.52. The van der Waals surface area contributed by atoms with Gasteiger partial charge in [0.05, 0.1) is 13.2 Å². The van der Waals surface area contributed by atoms with E-state index in [1.165, 1.54) is 18.5 Å². The van der Waals surface area contributed by atoms with E-state index in [1.807, 2.05) is 0 Å². The van der Waals surface area contributed by atoms with Crippen molar-refractivity contribution in [1.29, 1.82) is 0 Å². The molecule has 1 aliphatic heterocycles. The van der Waals surface area contributed by atoms with Gasteiger partial charge in [-0.25, -0.2) is 0 Å². The summed E-state index contributed by atoms with van der Waals surface area (Å²) in [6.45, 7) is 7.24. The first-order chi connectivity index (χ1) is 8.45. The minimum absolute atomic E-state index is 0. The molecule has 1 aliphatic rings. The molecular weight excluding hydrogens is 299 g/mol. The van der Waals surface area contributed by atoms with E-state index >= 15 is 0 Å². The lowest BCUT2D eigenvalue weighted by atomic mass is 10.2. The van der Waals surface area contributed by atoms with Gasteiger partial charge in [-0.1, -0.05) is 30.3 Å². The molecule has 0 amide bonds. The van der Waals surface area contributed by atoms with Gasteiger partial charge < -0.3 is 15.5 Å². The molecule has 1 saturated heterocycles. The highest BCUT2D eigenvalue weighted by molar-refractivity contribution is 5.85. The molecule has 0 radical (unpaired) electrons. The number of nitrogens with zero attached hydrogens (tertiary/aromatic N) is 1. The fourth-order valence-corrected chi connectivity index (χ4v) is 2.08. The van der Waals surface area contributed by atoms with E-state index in [0.717, 1.165) is 39.4 Å². The monoisotopic (exact) mass is 324 g/mol. The molecule has 6 heteroatoms. The third-order valence-corrected chi connectivity index (χ3v) is 3.10. The number of morpholine rings is 1. The van der Waals surface area contributed by atoms with Crippen molar-refractivity contribution in [2.45, 2.75) is 13.0 Å². The van der Waals surface area contributed by atoms with Crippen LogP contribution in [0.2, 0.25) is 0 Å². The smallest absolute Gasteiger partial charge is 0.0594 e. The standard InChI is InChI=1S/C14H22N2O.2ClH.H2O/c1-2-5-14(6-3-1)13-15-7-4-8-16-9-11-17-12-10-16;;;/h1-3,5-6,15H,4,7-13H2;2*1H;1H2. The zero-order valence-electron chi connectivity index (χ0n) is 11.7. The van der Waals surface area contributed by atoms with Crippen LogP contribution in [-0.2, 0) is 11.3 Å². The van der Waals surface area contributed by atoms with Gasteiger partial charge in [0.2, 0.25) is 0 Å².